The number of carbonyl (C=O) groups excluding carboxylic acids is 6. The zero-order chi connectivity index (χ0) is 41.2. The van der Waals surface area contributed by atoms with Crippen LogP contribution in [0.3, 0.4) is 0 Å². The quantitative estimate of drug-likeness (QED) is 0.163. The summed E-state index contributed by atoms with van der Waals surface area (Å²) in [6.07, 6.45) is -2.34. The molecule has 0 spiro atoms. The number of nitrogens with zero attached hydrogens (tertiary/aromatic N) is 3. The molecule has 2 aliphatic heterocycles. The van der Waals surface area contributed by atoms with Crippen LogP contribution in [-0.2, 0) is 52.3 Å². The highest BCUT2D eigenvalue weighted by Crippen LogP contribution is 2.53. The Hall–Kier alpha value is -5.80. The van der Waals surface area contributed by atoms with Crippen molar-refractivity contribution in [3.8, 4) is 0 Å². The van der Waals surface area contributed by atoms with Gasteiger partial charge in [0.1, 0.15) is 0 Å². The van der Waals surface area contributed by atoms with E-state index in [-0.39, 0.29) is 25.9 Å². The van der Waals surface area contributed by atoms with Crippen molar-refractivity contribution in [2.75, 3.05) is 18.0 Å². The molecule has 9 rings (SSSR count). The second-order valence-electron chi connectivity index (χ2n) is 16.2. The molecule has 4 amide bonds. The normalized spacial score (nSPS) is 26.0. The lowest BCUT2D eigenvalue weighted by atomic mass is 9.59. The number of carbonyl (C=O) groups is 6. The fourth-order valence-electron chi connectivity index (χ4n) is 10.7. The first kappa shape index (κ1) is 39.4. The van der Waals surface area contributed by atoms with E-state index >= 15 is 0 Å². The van der Waals surface area contributed by atoms with Crippen LogP contribution < -0.4 is 27.8 Å². The van der Waals surface area contributed by atoms with E-state index in [2.05, 4.69) is 0 Å². The molecule has 15 heteroatoms. The molecule has 4 bridgehead atoms. The van der Waals surface area contributed by atoms with Crippen molar-refractivity contribution in [3.63, 3.8) is 0 Å². The summed E-state index contributed by atoms with van der Waals surface area (Å²) in [5, 5.41) is 0. The second kappa shape index (κ2) is 14.0. The van der Waals surface area contributed by atoms with Crippen LogP contribution in [-0.4, -0.2) is 82.2 Å². The second-order valence-corrected chi connectivity index (χ2v) is 16.2. The molecule has 4 unspecified atom stereocenters. The molecular formula is C42H49N7O8. The zero-order valence-electron chi connectivity index (χ0n) is 32.6. The largest absolute Gasteiger partial charge is 0.412 e. The average Bonchev–Trinajstić information content (AvgIpc) is 3.82. The monoisotopic (exact) mass is 779 g/mol. The van der Waals surface area contributed by atoms with E-state index in [1.165, 1.54) is 0 Å². The smallest absolute Gasteiger partial charge is 0.375 e. The Balaban J connectivity index is 1.48. The number of primary amides is 4. The predicted molar refractivity (Wildman–Crippen MR) is 208 cm³/mol. The topological polar surface area (TPSA) is 235 Å². The number of esters is 2. The minimum absolute atomic E-state index is 0.162. The number of likely N-dealkylation sites (tertiary alicyclic amines) is 2. The summed E-state index contributed by atoms with van der Waals surface area (Å²) >= 11 is 0. The summed E-state index contributed by atoms with van der Waals surface area (Å²) in [5.41, 5.74) is 22.0. The van der Waals surface area contributed by atoms with Crippen LogP contribution in [0.2, 0.25) is 0 Å². The van der Waals surface area contributed by atoms with Gasteiger partial charge in [0, 0.05) is 29.6 Å². The standard InChI is InChI=1S/C42H49N7O8/c1-24-8-5-9-30(25(24)2)49(31-10-6-20-47(31)41(33(43)50,35(52)56-37(45)54)39(3)22-26-12-16-28(39)17-13-26)32-11-7-21-48(32)42(34(44)51,36(53)57-38(46)55)40(4)23-27-14-18-29(40)19-15-27/h5,8-9,12-19,31-32H,6-7,10-11,20-23H2,1-4H3,(H2,43,50)(H2,44,51)(H2,45,54)(H2,46,55)/t31?,32?,39?,40?,41-,42-/m0/s1. The molecule has 0 saturated carbocycles. The van der Waals surface area contributed by atoms with Gasteiger partial charge in [-0.15, -0.1) is 0 Å². The Kier molecular flexibility index (Phi) is 9.68. The summed E-state index contributed by atoms with van der Waals surface area (Å²) in [6, 6.07) is 20.6. The third kappa shape index (κ3) is 5.61. The van der Waals surface area contributed by atoms with E-state index < -0.39 is 70.2 Å². The maximum Gasteiger partial charge on any atom is 0.412 e. The van der Waals surface area contributed by atoms with Gasteiger partial charge in [0.2, 0.25) is 11.1 Å². The first-order chi connectivity index (χ1) is 26.9. The Morgan fingerprint density at radius 3 is 1.39 bits per heavy atom. The van der Waals surface area contributed by atoms with Gasteiger partial charge in [0.05, 0.1) is 12.3 Å². The van der Waals surface area contributed by atoms with Crippen LogP contribution in [0, 0.1) is 13.8 Å². The SMILES string of the molecule is Cc1cccc(N(C2CCCN2[C@@](C(N)=O)(C(=O)OC(N)=O)C2(C)Cc3ccc2cc3)C2CCCN2[C@@](C(N)=O)(C(=O)OC(N)=O)C2(C)Cc3ccc2cc3)c1C. The molecule has 6 atom stereocenters. The molecule has 0 radical (unpaired) electrons. The molecule has 2 heterocycles. The van der Waals surface area contributed by atoms with Crippen molar-refractivity contribution >= 4 is 41.6 Å². The number of aryl methyl sites for hydroxylation is 1. The van der Waals surface area contributed by atoms with Crippen molar-refractivity contribution in [2.24, 2.45) is 22.9 Å². The van der Waals surface area contributed by atoms with Crippen molar-refractivity contribution in [1.29, 1.82) is 0 Å². The van der Waals surface area contributed by atoms with Crippen LogP contribution in [0.1, 0.15) is 72.9 Å². The minimum Gasteiger partial charge on any atom is -0.375 e. The van der Waals surface area contributed by atoms with Crippen LogP contribution in [0.15, 0.2) is 66.7 Å². The molecule has 0 aromatic heterocycles. The molecule has 15 nitrogen and oxygen atoms in total. The number of fused-ring (bicyclic) bond motifs is 6. The summed E-state index contributed by atoms with van der Waals surface area (Å²) in [5.74, 6) is -4.50. The van der Waals surface area contributed by atoms with Crippen LogP contribution in [0.4, 0.5) is 15.3 Å². The lowest BCUT2D eigenvalue weighted by Gasteiger charge is -2.57. The van der Waals surface area contributed by atoms with E-state index in [1.54, 1.807) is 23.6 Å². The van der Waals surface area contributed by atoms with Gasteiger partial charge in [-0.2, -0.15) is 0 Å². The predicted octanol–water partition coefficient (Wildman–Crippen LogP) is 2.67. The zero-order valence-corrected chi connectivity index (χ0v) is 32.6. The van der Waals surface area contributed by atoms with Crippen molar-refractivity contribution < 1.29 is 38.2 Å². The van der Waals surface area contributed by atoms with Crippen LogP contribution >= 0.6 is 0 Å². The molecule has 2 fully saturated rings. The number of rotatable bonds is 11. The molecule has 3 aromatic carbocycles. The summed E-state index contributed by atoms with van der Waals surface area (Å²) < 4.78 is 10.4. The maximum atomic E-state index is 14.7. The number of ether oxygens (including phenoxy) is 2. The van der Waals surface area contributed by atoms with Gasteiger partial charge in [-0.05, 0) is 91.8 Å². The first-order valence-corrected chi connectivity index (χ1v) is 19.1. The van der Waals surface area contributed by atoms with Gasteiger partial charge in [-0.1, -0.05) is 74.5 Å². The number of amides is 4. The minimum atomic E-state index is -2.29. The van der Waals surface area contributed by atoms with E-state index in [0.717, 1.165) is 22.3 Å². The van der Waals surface area contributed by atoms with E-state index in [0.29, 0.717) is 42.5 Å². The van der Waals surface area contributed by atoms with E-state index in [1.807, 2.05) is 85.5 Å². The molecule has 6 aliphatic rings. The Morgan fingerprint density at radius 2 is 1.05 bits per heavy atom. The highest BCUT2D eigenvalue weighted by molar-refractivity contribution is 6.12. The van der Waals surface area contributed by atoms with Gasteiger partial charge in [0.25, 0.3) is 11.8 Å². The third-order valence-corrected chi connectivity index (χ3v) is 13.4. The Bertz CT molecular complexity index is 2050. The van der Waals surface area contributed by atoms with Crippen LogP contribution in [0.25, 0.3) is 0 Å². The number of hydrogen-bond donors (Lipinski definition) is 4. The highest BCUT2D eigenvalue weighted by Gasteiger charge is 2.70. The van der Waals surface area contributed by atoms with Gasteiger partial charge in [0.15, 0.2) is 0 Å². The Labute approximate surface area is 330 Å². The lowest BCUT2D eigenvalue weighted by Crippen LogP contribution is -2.78. The highest BCUT2D eigenvalue weighted by atomic mass is 16.6. The third-order valence-electron chi connectivity index (χ3n) is 13.4. The molecule has 300 valence electrons. The number of hydrogen-bond acceptors (Lipinski definition) is 11. The molecular weight excluding hydrogens is 731 g/mol. The molecule has 8 N–H and O–H groups in total. The molecule has 3 aromatic rings. The summed E-state index contributed by atoms with van der Waals surface area (Å²) in [7, 11) is 0. The molecule has 4 aliphatic carbocycles. The van der Waals surface area contributed by atoms with Gasteiger partial charge >= 0.3 is 24.1 Å². The number of anilines is 1. The maximum absolute atomic E-state index is 14.7. The molecule has 2 saturated heterocycles. The fourth-order valence-corrected chi connectivity index (χ4v) is 10.7. The van der Waals surface area contributed by atoms with Crippen LogP contribution in [0.5, 0.6) is 0 Å². The number of nitrogens with two attached hydrogens (primary N) is 4. The molecule has 57 heavy (non-hydrogen) atoms. The van der Waals surface area contributed by atoms with Crippen molar-refractivity contribution in [1.82, 2.24) is 9.80 Å². The summed E-state index contributed by atoms with van der Waals surface area (Å²) in [4.78, 5) is 88.5. The van der Waals surface area contributed by atoms with Crippen molar-refractivity contribution in [2.45, 2.75) is 100 Å². The summed E-state index contributed by atoms with van der Waals surface area (Å²) in [6.45, 7) is 7.73. The Morgan fingerprint density at radius 1 is 0.649 bits per heavy atom. The fraction of sp³-hybridized carbons (Fsp3) is 0.429. The van der Waals surface area contributed by atoms with Gasteiger partial charge in [-0.25, -0.2) is 19.2 Å². The lowest BCUT2D eigenvalue weighted by molar-refractivity contribution is -0.166. The van der Waals surface area contributed by atoms with E-state index in [4.69, 9.17) is 32.4 Å². The number of benzene rings is 3. The first-order valence-electron chi connectivity index (χ1n) is 19.1. The van der Waals surface area contributed by atoms with E-state index in [9.17, 15) is 28.8 Å². The van der Waals surface area contributed by atoms with Gasteiger partial charge in [-0.3, -0.25) is 19.4 Å². The van der Waals surface area contributed by atoms with Crippen molar-refractivity contribution in [3.05, 3.63) is 100 Å². The van der Waals surface area contributed by atoms with Gasteiger partial charge < -0.3 is 37.3 Å². The average molecular weight is 780 g/mol.